The van der Waals surface area contributed by atoms with E-state index in [1.807, 2.05) is 0 Å². The van der Waals surface area contributed by atoms with Crippen LogP contribution >= 0.6 is 0 Å². The normalized spacial score (nSPS) is 13.6. The van der Waals surface area contributed by atoms with Gasteiger partial charge in [-0.3, -0.25) is 9.59 Å². The molecule has 0 aliphatic carbocycles. The second-order valence-electron chi connectivity index (χ2n) is 3.32. The van der Waals surface area contributed by atoms with Gasteiger partial charge in [-0.05, 0) is 19.1 Å². The van der Waals surface area contributed by atoms with Crippen molar-refractivity contribution in [2.75, 3.05) is 0 Å². The molecule has 5 heteroatoms. The van der Waals surface area contributed by atoms with Crippen molar-refractivity contribution in [3.05, 3.63) is 24.2 Å². The Labute approximate surface area is 85.1 Å². The highest BCUT2D eigenvalue weighted by atomic mass is 19.3. The Kier molecular flexibility index (Phi) is 3.02. The van der Waals surface area contributed by atoms with Crippen molar-refractivity contribution in [3.8, 4) is 0 Å². The molecule has 0 amide bonds. The zero-order valence-electron chi connectivity index (χ0n) is 8.29. The lowest BCUT2D eigenvalue weighted by Crippen LogP contribution is -2.34. The van der Waals surface area contributed by atoms with Crippen LogP contribution in [0.1, 0.15) is 24.4 Å². The highest BCUT2D eigenvalue weighted by Gasteiger charge is 2.39. The average Bonchev–Trinajstić information content (AvgIpc) is 2.65. The molecule has 3 nitrogen and oxygen atoms in total. The summed E-state index contributed by atoms with van der Waals surface area (Å²) < 4.78 is 30.0. The molecule has 82 valence electrons. The summed E-state index contributed by atoms with van der Waals surface area (Å²) in [6.07, 6.45) is 1.24. The Morgan fingerprint density at radius 1 is 1.47 bits per heavy atom. The maximum absolute atomic E-state index is 12.6. The van der Waals surface area contributed by atoms with Crippen LogP contribution in [0.15, 0.2) is 22.8 Å². The zero-order valence-corrected chi connectivity index (χ0v) is 8.29. The first-order chi connectivity index (χ1) is 6.84. The molecule has 0 bridgehead atoms. The predicted octanol–water partition coefficient (Wildman–Crippen LogP) is 2.32. The van der Waals surface area contributed by atoms with Crippen molar-refractivity contribution in [2.45, 2.75) is 19.8 Å². The van der Waals surface area contributed by atoms with Gasteiger partial charge in [0.15, 0.2) is 5.76 Å². The molecule has 0 aliphatic heterocycles. The lowest BCUT2D eigenvalue weighted by Gasteiger charge is -2.13. The smallest absolute Gasteiger partial charge is 0.303 e. The highest BCUT2D eigenvalue weighted by Crippen LogP contribution is 2.21. The SMILES string of the molecule is CC(C(=O)c1ccco1)C(=O)C(C)(F)F. The van der Waals surface area contributed by atoms with Gasteiger partial charge in [0, 0.05) is 6.92 Å². The minimum absolute atomic E-state index is 0.0832. The van der Waals surface area contributed by atoms with E-state index in [0.29, 0.717) is 6.92 Å². The summed E-state index contributed by atoms with van der Waals surface area (Å²) in [5.41, 5.74) is 0. The lowest BCUT2D eigenvalue weighted by atomic mass is 9.96. The van der Waals surface area contributed by atoms with E-state index in [-0.39, 0.29) is 5.76 Å². The largest absolute Gasteiger partial charge is 0.461 e. The summed E-state index contributed by atoms with van der Waals surface area (Å²) in [4.78, 5) is 22.5. The first kappa shape index (κ1) is 11.6. The minimum atomic E-state index is -3.50. The van der Waals surface area contributed by atoms with E-state index in [1.165, 1.54) is 18.4 Å². The van der Waals surface area contributed by atoms with Gasteiger partial charge in [0.1, 0.15) is 0 Å². The third kappa shape index (κ3) is 2.49. The molecule has 0 fully saturated rings. The van der Waals surface area contributed by atoms with Crippen LogP contribution in [-0.2, 0) is 4.79 Å². The van der Waals surface area contributed by atoms with E-state index < -0.39 is 23.4 Å². The molecule has 0 N–H and O–H groups in total. The van der Waals surface area contributed by atoms with E-state index in [9.17, 15) is 18.4 Å². The quantitative estimate of drug-likeness (QED) is 0.573. The molecule has 0 aliphatic rings. The molecule has 1 atom stereocenters. The van der Waals surface area contributed by atoms with Crippen LogP contribution in [0, 0.1) is 5.92 Å². The number of alkyl halides is 2. The Balaban J connectivity index is 2.83. The number of carbonyl (C=O) groups excluding carboxylic acids is 2. The molecule has 0 spiro atoms. The molecule has 1 rings (SSSR count). The summed E-state index contributed by atoms with van der Waals surface area (Å²) in [6, 6.07) is 2.79. The third-order valence-corrected chi connectivity index (χ3v) is 1.98. The topological polar surface area (TPSA) is 47.3 Å². The molecule has 1 aromatic rings. The van der Waals surface area contributed by atoms with Gasteiger partial charge >= 0.3 is 5.92 Å². The maximum Gasteiger partial charge on any atom is 0.303 e. The van der Waals surface area contributed by atoms with Crippen LogP contribution in [0.2, 0.25) is 0 Å². The Hall–Kier alpha value is -1.52. The van der Waals surface area contributed by atoms with E-state index >= 15 is 0 Å². The Morgan fingerprint density at radius 3 is 2.47 bits per heavy atom. The Morgan fingerprint density at radius 2 is 2.07 bits per heavy atom. The molecule has 1 aromatic heterocycles. The number of ketones is 2. The lowest BCUT2D eigenvalue weighted by molar-refractivity contribution is -0.142. The van der Waals surface area contributed by atoms with Crippen molar-refractivity contribution >= 4 is 11.6 Å². The zero-order chi connectivity index (χ0) is 11.6. The number of hydrogen-bond donors (Lipinski definition) is 0. The monoisotopic (exact) mass is 216 g/mol. The number of hydrogen-bond acceptors (Lipinski definition) is 3. The number of furan rings is 1. The Bertz CT molecular complexity index is 363. The van der Waals surface area contributed by atoms with Crippen LogP contribution in [0.5, 0.6) is 0 Å². The number of Topliss-reactive ketones (excluding diaryl/α,β-unsaturated/α-hetero) is 2. The molecule has 0 aromatic carbocycles. The van der Waals surface area contributed by atoms with Gasteiger partial charge in [0.2, 0.25) is 11.6 Å². The molecule has 0 saturated carbocycles. The number of halogens is 2. The van der Waals surface area contributed by atoms with E-state index in [1.54, 1.807) is 0 Å². The molecule has 0 saturated heterocycles. The fraction of sp³-hybridized carbons (Fsp3) is 0.400. The van der Waals surface area contributed by atoms with Gasteiger partial charge in [-0.15, -0.1) is 0 Å². The fourth-order valence-corrected chi connectivity index (χ4v) is 1.13. The summed E-state index contributed by atoms with van der Waals surface area (Å²) in [7, 11) is 0. The first-order valence-corrected chi connectivity index (χ1v) is 4.34. The average molecular weight is 216 g/mol. The molecule has 1 unspecified atom stereocenters. The van der Waals surface area contributed by atoms with Crippen molar-refractivity contribution in [1.82, 2.24) is 0 Å². The third-order valence-electron chi connectivity index (χ3n) is 1.98. The van der Waals surface area contributed by atoms with Gasteiger partial charge in [0.25, 0.3) is 0 Å². The minimum Gasteiger partial charge on any atom is -0.461 e. The summed E-state index contributed by atoms with van der Waals surface area (Å²) in [5.74, 6) is -7.10. The van der Waals surface area contributed by atoms with Crippen LogP contribution < -0.4 is 0 Å². The van der Waals surface area contributed by atoms with Crippen LogP contribution in [0.25, 0.3) is 0 Å². The molecular weight excluding hydrogens is 206 g/mol. The van der Waals surface area contributed by atoms with Gasteiger partial charge in [0.05, 0.1) is 12.2 Å². The maximum atomic E-state index is 12.6. The van der Waals surface area contributed by atoms with E-state index in [4.69, 9.17) is 4.42 Å². The molecular formula is C10H10F2O3. The molecule has 0 radical (unpaired) electrons. The highest BCUT2D eigenvalue weighted by molar-refractivity contribution is 6.10. The second-order valence-corrected chi connectivity index (χ2v) is 3.32. The van der Waals surface area contributed by atoms with Crippen molar-refractivity contribution in [3.63, 3.8) is 0 Å². The standard InChI is InChI=1S/C10H10F2O3/c1-6(9(14)10(2,11)12)8(13)7-4-3-5-15-7/h3-6H,1-2H3. The summed E-state index contributed by atoms with van der Waals surface area (Å²) in [6.45, 7) is 1.62. The van der Waals surface area contributed by atoms with Crippen LogP contribution in [0.4, 0.5) is 8.78 Å². The molecule has 1 heterocycles. The number of carbonyl (C=O) groups is 2. The van der Waals surface area contributed by atoms with Gasteiger partial charge in [-0.1, -0.05) is 0 Å². The van der Waals surface area contributed by atoms with E-state index in [2.05, 4.69) is 0 Å². The first-order valence-electron chi connectivity index (χ1n) is 4.34. The van der Waals surface area contributed by atoms with Crippen molar-refractivity contribution in [2.24, 2.45) is 5.92 Å². The van der Waals surface area contributed by atoms with E-state index in [0.717, 1.165) is 6.92 Å². The predicted molar refractivity (Wildman–Crippen MR) is 47.8 cm³/mol. The summed E-state index contributed by atoms with van der Waals surface area (Å²) in [5, 5.41) is 0. The molecule has 15 heavy (non-hydrogen) atoms. The summed E-state index contributed by atoms with van der Waals surface area (Å²) >= 11 is 0. The van der Waals surface area contributed by atoms with Crippen molar-refractivity contribution in [1.29, 1.82) is 0 Å². The van der Waals surface area contributed by atoms with Crippen LogP contribution in [-0.4, -0.2) is 17.5 Å². The van der Waals surface area contributed by atoms with Gasteiger partial charge in [-0.25, -0.2) is 0 Å². The van der Waals surface area contributed by atoms with Gasteiger partial charge < -0.3 is 4.42 Å². The van der Waals surface area contributed by atoms with Crippen molar-refractivity contribution < 1.29 is 22.8 Å². The second kappa shape index (κ2) is 3.92. The van der Waals surface area contributed by atoms with Gasteiger partial charge in [-0.2, -0.15) is 8.78 Å². The van der Waals surface area contributed by atoms with Crippen LogP contribution in [0.3, 0.4) is 0 Å². The number of rotatable bonds is 4. The fourth-order valence-electron chi connectivity index (χ4n) is 1.13.